The molecule has 1 rings (SSSR count). The highest BCUT2D eigenvalue weighted by atomic mass is 32.2. The molecular formula is C17H23N3O2S. The maximum Gasteiger partial charge on any atom is 0.251 e. The molecule has 2 amide bonds. The minimum absolute atomic E-state index is 0.0404. The smallest absolute Gasteiger partial charge is 0.251 e. The van der Waals surface area contributed by atoms with E-state index in [1.165, 1.54) is 0 Å². The van der Waals surface area contributed by atoms with Crippen LogP contribution in [0.4, 0.5) is 0 Å². The van der Waals surface area contributed by atoms with E-state index < -0.39 is 0 Å². The van der Waals surface area contributed by atoms with Crippen molar-refractivity contribution in [3.8, 4) is 5.40 Å². The van der Waals surface area contributed by atoms with E-state index in [-0.39, 0.29) is 23.8 Å². The molecule has 0 heterocycles. The summed E-state index contributed by atoms with van der Waals surface area (Å²) in [6.45, 7) is 6.79. The first-order chi connectivity index (χ1) is 10.8. The summed E-state index contributed by atoms with van der Waals surface area (Å²) < 4.78 is 0. The number of thioether (sulfide) groups is 1. The molecule has 0 fully saturated rings. The summed E-state index contributed by atoms with van der Waals surface area (Å²) in [6, 6.07) is 7.41. The summed E-state index contributed by atoms with van der Waals surface area (Å²) in [5.41, 5.74) is 1.73. The van der Waals surface area contributed by atoms with Gasteiger partial charge in [-0.15, -0.1) is 0 Å². The highest BCUT2D eigenvalue weighted by molar-refractivity contribution is 8.03. The molecule has 0 aromatic heterocycles. The largest absolute Gasteiger partial charge is 0.355 e. The van der Waals surface area contributed by atoms with Gasteiger partial charge in [0.25, 0.3) is 5.91 Å². The van der Waals surface area contributed by atoms with Gasteiger partial charge in [-0.25, -0.2) is 0 Å². The van der Waals surface area contributed by atoms with Gasteiger partial charge in [0.2, 0.25) is 5.91 Å². The van der Waals surface area contributed by atoms with Crippen molar-refractivity contribution in [2.75, 3.05) is 18.8 Å². The number of hydrogen-bond acceptors (Lipinski definition) is 4. The van der Waals surface area contributed by atoms with Gasteiger partial charge in [-0.1, -0.05) is 32.9 Å². The molecule has 0 saturated heterocycles. The van der Waals surface area contributed by atoms with Crippen LogP contribution in [0.2, 0.25) is 0 Å². The van der Waals surface area contributed by atoms with Crippen LogP contribution < -0.4 is 10.6 Å². The molecule has 23 heavy (non-hydrogen) atoms. The van der Waals surface area contributed by atoms with Gasteiger partial charge in [-0.2, -0.15) is 5.26 Å². The molecule has 0 spiro atoms. The Balaban J connectivity index is 2.36. The third-order valence-electron chi connectivity index (χ3n) is 3.23. The lowest BCUT2D eigenvalue weighted by Crippen LogP contribution is -2.37. The zero-order valence-corrected chi connectivity index (χ0v) is 14.6. The highest BCUT2D eigenvalue weighted by Gasteiger charge is 2.14. The van der Waals surface area contributed by atoms with Crippen LogP contribution in [-0.4, -0.2) is 30.7 Å². The molecule has 2 N–H and O–H groups in total. The van der Waals surface area contributed by atoms with Crippen LogP contribution >= 0.6 is 11.8 Å². The molecular weight excluding hydrogens is 310 g/mol. The Morgan fingerprint density at radius 2 is 1.83 bits per heavy atom. The lowest BCUT2D eigenvalue weighted by molar-refractivity contribution is -0.120. The predicted molar refractivity (Wildman–Crippen MR) is 93.2 cm³/mol. The number of carbonyl (C=O) groups excluding carboxylic acids is 2. The number of nitrogens with zero attached hydrogens (tertiary/aromatic N) is 1. The van der Waals surface area contributed by atoms with E-state index in [0.29, 0.717) is 17.9 Å². The van der Waals surface area contributed by atoms with E-state index >= 15 is 0 Å². The molecule has 5 nitrogen and oxygen atoms in total. The predicted octanol–water partition coefficient (Wildman–Crippen LogP) is 2.43. The number of nitrogens with one attached hydrogen (secondary N) is 2. The SMILES string of the molecule is CC(C)(C)c1ccc(C(=O)NCC(=O)NCCCSC#N)cc1. The molecule has 0 aliphatic carbocycles. The molecule has 0 bridgehead atoms. The van der Waals surface area contributed by atoms with Crippen LogP contribution in [-0.2, 0) is 10.2 Å². The monoisotopic (exact) mass is 333 g/mol. The molecule has 0 saturated carbocycles. The first-order valence-corrected chi connectivity index (χ1v) is 8.49. The number of benzene rings is 1. The molecule has 0 unspecified atom stereocenters. The van der Waals surface area contributed by atoms with Crippen molar-refractivity contribution in [2.24, 2.45) is 0 Å². The topological polar surface area (TPSA) is 82.0 Å². The van der Waals surface area contributed by atoms with Crippen molar-refractivity contribution < 1.29 is 9.59 Å². The minimum atomic E-state index is -0.263. The molecule has 0 aliphatic heterocycles. The summed E-state index contributed by atoms with van der Waals surface area (Å²) in [5, 5.41) is 15.6. The number of carbonyl (C=O) groups is 2. The number of amides is 2. The number of hydrogen-bond donors (Lipinski definition) is 2. The second-order valence-electron chi connectivity index (χ2n) is 6.15. The molecule has 124 valence electrons. The van der Waals surface area contributed by atoms with Crippen LogP contribution in [0, 0.1) is 10.7 Å². The first-order valence-electron chi connectivity index (χ1n) is 7.51. The van der Waals surface area contributed by atoms with Crippen LogP contribution in [0.1, 0.15) is 43.1 Å². The summed E-state index contributed by atoms with van der Waals surface area (Å²) in [4.78, 5) is 23.6. The van der Waals surface area contributed by atoms with Crippen molar-refractivity contribution in [3.05, 3.63) is 35.4 Å². The highest BCUT2D eigenvalue weighted by Crippen LogP contribution is 2.22. The Hall–Kier alpha value is -2.00. The molecule has 6 heteroatoms. The van der Waals surface area contributed by atoms with E-state index in [1.54, 1.807) is 12.1 Å². The Bertz CT molecular complexity index is 571. The van der Waals surface area contributed by atoms with Gasteiger partial charge in [0.05, 0.1) is 6.54 Å². The fourth-order valence-corrected chi connectivity index (χ4v) is 2.24. The standard InChI is InChI=1S/C17H23N3O2S/c1-17(2,3)14-7-5-13(6-8-14)16(22)20-11-15(21)19-9-4-10-23-12-18/h5-8H,4,9-11H2,1-3H3,(H,19,21)(H,20,22). The van der Waals surface area contributed by atoms with Crippen LogP contribution in [0.15, 0.2) is 24.3 Å². The normalized spacial score (nSPS) is 10.7. The Labute approximate surface area is 141 Å². The average molecular weight is 333 g/mol. The van der Waals surface area contributed by atoms with Crippen molar-refractivity contribution >= 4 is 23.6 Å². The Morgan fingerprint density at radius 3 is 2.39 bits per heavy atom. The molecule has 0 aliphatic rings. The second kappa shape index (κ2) is 9.21. The number of nitriles is 1. The van der Waals surface area contributed by atoms with E-state index in [9.17, 15) is 9.59 Å². The quantitative estimate of drug-likeness (QED) is 0.593. The average Bonchev–Trinajstić information content (AvgIpc) is 2.51. The Kier molecular flexibility index (Phi) is 7.63. The van der Waals surface area contributed by atoms with Crippen molar-refractivity contribution in [2.45, 2.75) is 32.6 Å². The third kappa shape index (κ3) is 7.20. The van der Waals surface area contributed by atoms with Crippen LogP contribution in [0.5, 0.6) is 0 Å². The third-order valence-corrected chi connectivity index (χ3v) is 3.85. The van der Waals surface area contributed by atoms with Crippen molar-refractivity contribution in [1.29, 1.82) is 5.26 Å². The fraction of sp³-hybridized carbons (Fsp3) is 0.471. The van der Waals surface area contributed by atoms with E-state index in [0.717, 1.165) is 23.7 Å². The lowest BCUT2D eigenvalue weighted by Gasteiger charge is -2.19. The fourth-order valence-electron chi connectivity index (χ4n) is 1.86. The van der Waals surface area contributed by atoms with Crippen molar-refractivity contribution in [1.82, 2.24) is 10.6 Å². The summed E-state index contributed by atoms with van der Waals surface area (Å²) in [7, 11) is 0. The van der Waals surface area contributed by atoms with Crippen LogP contribution in [0.25, 0.3) is 0 Å². The van der Waals surface area contributed by atoms with Crippen LogP contribution in [0.3, 0.4) is 0 Å². The van der Waals surface area contributed by atoms with E-state index in [1.807, 2.05) is 17.5 Å². The summed E-state index contributed by atoms with van der Waals surface area (Å²) in [5.74, 6) is 0.191. The maximum absolute atomic E-state index is 12.0. The van der Waals surface area contributed by atoms with Gasteiger partial charge in [0.15, 0.2) is 0 Å². The lowest BCUT2D eigenvalue weighted by atomic mass is 9.87. The van der Waals surface area contributed by atoms with Gasteiger partial charge in [0.1, 0.15) is 5.40 Å². The molecule has 0 atom stereocenters. The van der Waals surface area contributed by atoms with Gasteiger partial charge < -0.3 is 10.6 Å². The van der Waals surface area contributed by atoms with E-state index in [4.69, 9.17) is 5.26 Å². The zero-order valence-electron chi connectivity index (χ0n) is 13.8. The zero-order chi connectivity index (χ0) is 17.3. The number of rotatable bonds is 7. The molecule has 1 aromatic carbocycles. The van der Waals surface area contributed by atoms with E-state index in [2.05, 4.69) is 31.4 Å². The van der Waals surface area contributed by atoms with Gasteiger partial charge in [-0.3, -0.25) is 9.59 Å². The maximum atomic E-state index is 12.0. The molecule has 0 radical (unpaired) electrons. The molecule has 1 aromatic rings. The second-order valence-corrected chi connectivity index (χ2v) is 7.03. The van der Waals surface area contributed by atoms with Gasteiger partial charge in [0, 0.05) is 17.9 Å². The first kappa shape index (κ1) is 19.0. The van der Waals surface area contributed by atoms with Crippen molar-refractivity contribution in [3.63, 3.8) is 0 Å². The minimum Gasteiger partial charge on any atom is -0.355 e. The summed E-state index contributed by atoms with van der Waals surface area (Å²) >= 11 is 1.16. The Morgan fingerprint density at radius 1 is 1.17 bits per heavy atom. The summed E-state index contributed by atoms with van der Waals surface area (Å²) in [6.07, 6.45) is 0.728. The van der Waals surface area contributed by atoms with Gasteiger partial charge >= 0.3 is 0 Å². The number of thiocyanates is 1. The van der Waals surface area contributed by atoms with Gasteiger partial charge in [-0.05, 0) is 41.3 Å².